The summed E-state index contributed by atoms with van der Waals surface area (Å²) in [5, 5.41) is 0. The second-order valence-electron chi connectivity index (χ2n) is 6.23. The number of allylic oxidation sites excluding steroid dienone is 4. The number of para-hydroxylation sites is 1. The molecular weight excluding hydrogens is 352 g/mol. The molecule has 29 heavy (non-hydrogen) atoms. The molecule has 0 saturated carbocycles. The fourth-order valence-corrected chi connectivity index (χ4v) is 2.82. The van der Waals surface area contributed by atoms with Crippen LogP contribution in [0.3, 0.4) is 0 Å². The lowest BCUT2D eigenvalue weighted by atomic mass is 9.97. The van der Waals surface area contributed by atoms with Crippen LogP contribution in [0.1, 0.15) is 78.5 Å². The van der Waals surface area contributed by atoms with Crippen molar-refractivity contribution in [3.8, 4) is 5.69 Å². The molecule has 1 aromatic heterocycles. The van der Waals surface area contributed by atoms with Crippen LogP contribution in [0.25, 0.3) is 23.4 Å². The minimum absolute atomic E-state index is 0.528. The molecule has 0 aliphatic heterocycles. The first kappa shape index (κ1) is 26.4. The number of benzene rings is 1. The summed E-state index contributed by atoms with van der Waals surface area (Å²) in [5.41, 5.74) is 4.07. The van der Waals surface area contributed by atoms with E-state index in [4.69, 9.17) is 4.98 Å². The van der Waals surface area contributed by atoms with Crippen LogP contribution in [0.4, 0.5) is 0 Å². The molecule has 2 heteroatoms. The van der Waals surface area contributed by atoms with Crippen LogP contribution in [0.2, 0.25) is 0 Å². The fraction of sp³-hybridized carbons (Fsp3) is 0.370. The van der Waals surface area contributed by atoms with Gasteiger partial charge in [0.1, 0.15) is 5.82 Å². The van der Waals surface area contributed by atoms with Crippen molar-refractivity contribution in [2.45, 2.75) is 61.3 Å². The monoisotopic (exact) mass is 392 g/mol. The standard InChI is InChI=1S/C20H20N2.C3H8.2C2H6/c1-4-18-19(5-2)22(17-12-7-6-8-13-17)20(21-18)16-11-9-10-15(3)14-16;1-3-2;2*1-2/h4-9,11-15H,1-2,10H2,3H3;3H2,1-2H3;2*1-2H3. The molecule has 0 N–H and O–H groups in total. The molecule has 1 aliphatic rings. The van der Waals surface area contributed by atoms with Crippen LogP contribution < -0.4 is 0 Å². The van der Waals surface area contributed by atoms with Crippen molar-refractivity contribution in [3.05, 3.63) is 78.9 Å². The van der Waals surface area contributed by atoms with Crippen LogP contribution in [-0.2, 0) is 0 Å². The number of imidazole rings is 1. The Labute approximate surface area is 179 Å². The number of hydrogen-bond acceptors (Lipinski definition) is 1. The minimum atomic E-state index is 0.528. The van der Waals surface area contributed by atoms with Gasteiger partial charge in [0.2, 0.25) is 0 Å². The van der Waals surface area contributed by atoms with Gasteiger partial charge in [0.15, 0.2) is 0 Å². The van der Waals surface area contributed by atoms with E-state index in [9.17, 15) is 0 Å². The molecule has 1 unspecified atom stereocenters. The third-order valence-electron chi connectivity index (χ3n) is 3.87. The highest BCUT2D eigenvalue weighted by Crippen LogP contribution is 2.29. The SMILES string of the molecule is C=Cc1nc(C2=CC(C)CC=C2)n(-c2ccccc2)c1C=C.CC.CC.CCC. The molecular formula is C27H40N2. The molecule has 1 heterocycles. The highest BCUT2D eigenvalue weighted by Gasteiger charge is 2.18. The number of nitrogens with zero attached hydrogens (tertiary/aromatic N) is 2. The molecule has 2 aromatic rings. The van der Waals surface area contributed by atoms with Crippen LogP contribution in [0.15, 0.2) is 61.7 Å². The summed E-state index contributed by atoms with van der Waals surface area (Å²) >= 11 is 0. The van der Waals surface area contributed by atoms with Crippen molar-refractivity contribution >= 4 is 17.7 Å². The van der Waals surface area contributed by atoms with Crippen molar-refractivity contribution in [2.24, 2.45) is 5.92 Å². The molecule has 158 valence electrons. The maximum atomic E-state index is 4.79. The first-order valence-corrected chi connectivity index (χ1v) is 11.0. The molecule has 3 rings (SSSR count). The average molecular weight is 393 g/mol. The molecule has 1 atom stereocenters. The molecule has 0 fully saturated rings. The maximum Gasteiger partial charge on any atom is 0.145 e. The lowest BCUT2D eigenvalue weighted by Gasteiger charge is -2.15. The number of aromatic nitrogens is 2. The molecule has 2 nitrogen and oxygen atoms in total. The van der Waals surface area contributed by atoms with E-state index in [2.05, 4.69) is 68.9 Å². The lowest BCUT2D eigenvalue weighted by molar-refractivity contribution is 0.738. The maximum absolute atomic E-state index is 4.79. The van der Waals surface area contributed by atoms with E-state index in [1.165, 1.54) is 6.42 Å². The van der Waals surface area contributed by atoms with Gasteiger partial charge in [0.05, 0.1) is 11.4 Å². The van der Waals surface area contributed by atoms with Crippen LogP contribution >= 0.6 is 0 Å². The zero-order valence-electron chi connectivity index (χ0n) is 19.6. The van der Waals surface area contributed by atoms with Gasteiger partial charge in [0.25, 0.3) is 0 Å². The molecule has 0 spiro atoms. The van der Waals surface area contributed by atoms with Gasteiger partial charge in [-0.2, -0.15) is 0 Å². The van der Waals surface area contributed by atoms with Crippen molar-refractivity contribution in [2.75, 3.05) is 0 Å². The van der Waals surface area contributed by atoms with Gasteiger partial charge in [0, 0.05) is 11.3 Å². The highest BCUT2D eigenvalue weighted by atomic mass is 15.1. The average Bonchev–Trinajstić information content (AvgIpc) is 3.16. The molecule has 0 amide bonds. The Morgan fingerprint density at radius 3 is 2.10 bits per heavy atom. The van der Waals surface area contributed by atoms with Crippen LogP contribution in [0.5, 0.6) is 0 Å². The van der Waals surface area contributed by atoms with E-state index >= 15 is 0 Å². The second kappa shape index (κ2) is 15.3. The summed E-state index contributed by atoms with van der Waals surface area (Å²) in [6, 6.07) is 10.3. The van der Waals surface area contributed by atoms with E-state index in [1.54, 1.807) is 6.08 Å². The Bertz CT molecular complexity index is 776. The molecule has 0 radical (unpaired) electrons. The van der Waals surface area contributed by atoms with E-state index < -0.39 is 0 Å². The van der Waals surface area contributed by atoms with Gasteiger partial charge in [-0.05, 0) is 36.6 Å². The largest absolute Gasteiger partial charge is 0.292 e. The Kier molecular flexibility index (Phi) is 13.9. The van der Waals surface area contributed by atoms with Crippen LogP contribution in [-0.4, -0.2) is 9.55 Å². The lowest BCUT2D eigenvalue weighted by Crippen LogP contribution is -2.04. The minimum Gasteiger partial charge on any atom is -0.292 e. The first-order valence-electron chi connectivity index (χ1n) is 11.0. The zero-order valence-corrected chi connectivity index (χ0v) is 19.6. The molecule has 0 bridgehead atoms. The smallest absolute Gasteiger partial charge is 0.145 e. The van der Waals surface area contributed by atoms with E-state index in [0.29, 0.717) is 5.92 Å². The normalized spacial score (nSPS) is 14.0. The van der Waals surface area contributed by atoms with Crippen molar-refractivity contribution in [1.29, 1.82) is 0 Å². The number of rotatable bonds is 4. The summed E-state index contributed by atoms with van der Waals surface area (Å²) in [6.45, 7) is 22.3. The molecule has 0 saturated heterocycles. The van der Waals surface area contributed by atoms with Crippen molar-refractivity contribution < 1.29 is 0 Å². The molecule has 1 aliphatic carbocycles. The van der Waals surface area contributed by atoms with Crippen molar-refractivity contribution in [3.63, 3.8) is 0 Å². The second-order valence-corrected chi connectivity index (χ2v) is 6.23. The summed E-state index contributed by atoms with van der Waals surface area (Å²) in [4.78, 5) is 4.79. The van der Waals surface area contributed by atoms with Gasteiger partial charge in [-0.1, -0.05) is 104 Å². The van der Waals surface area contributed by atoms with Gasteiger partial charge in [-0.15, -0.1) is 0 Å². The molecule has 1 aromatic carbocycles. The van der Waals surface area contributed by atoms with Gasteiger partial charge >= 0.3 is 0 Å². The first-order chi connectivity index (χ1) is 14.2. The fourth-order valence-electron chi connectivity index (χ4n) is 2.82. The van der Waals surface area contributed by atoms with Gasteiger partial charge in [-0.3, -0.25) is 4.57 Å². The van der Waals surface area contributed by atoms with Gasteiger partial charge in [-0.25, -0.2) is 4.98 Å². The summed E-state index contributed by atoms with van der Waals surface area (Å²) < 4.78 is 2.15. The Morgan fingerprint density at radius 2 is 1.62 bits per heavy atom. The highest BCUT2D eigenvalue weighted by molar-refractivity contribution is 5.75. The van der Waals surface area contributed by atoms with E-state index in [1.807, 2.05) is 52.0 Å². The third-order valence-corrected chi connectivity index (χ3v) is 3.87. The Hall–Kier alpha value is -2.61. The van der Waals surface area contributed by atoms with Crippen LogP contribution in [0, 0.1) is 5.92 Å². The Morgan fingerprint density at radius 1 is 1.03 bits per heavy atom. The quantitative estimate of drug-likeness (QED) is 0.509. The van der Waals surface area contributed by atoms with E-state index in [0.717, 1.165) is 34.9 Å². The summed E-state index contributed by atoms with van der Waals surface area (Å²) in [7, 11) is 0. The predicted molar refractivity (Wildman–Crippen MR) is 133 cm³/mol. The summed E-state index contributed by atoms with van der Waals surface area (Å²) in [6.07, 6.45) is 12.6. The zero-order chi connectivity index (χ0) is 22.2. The van der Waals surface area contributed by atoms with Gasteiger partial charge < -0.3 is 0 Å². The number of hydrogen-bond donors (Lipinski definition) is 0. The topological polar surface area (TPSA) is 17.8 Å². The summed E-state index contributed by atoms with van der Waals surface area (Å²) in [5.74, 6) is 1.47. The van der Waals surface area contributed by atoms with Crippen molar-refractivity contribution in [1.82, 2.24) is 9.55 Å². The third kappa shape index (κ3) is 7.38. The Balaban J connectivity index is 0.00000100. The predicted octanol–water partition coefficient (Wildman–Crippen LogP) is 8.61. The van der Waals surface area contributed by atoms with E-state index in [-0.39, 0.29) is 0 Å².